The van der Waals surface area contributed by atoms with Crippen molar-refractivity contribution < 1.29 is 14.6 Å². The number of hydrogen-bond donors (Lipinski definition) is 1. The second-order valence-electron chi connectivity index (χ2n) is 3.92. The maximum Gasteiger partial charge on any atom is 0.320 e. The summed E-state index contributed by atoms with van der Waals surface area (Å²) < 4.78 is 5.22. The zero-order valence-corrected chi connectivity index (χ0v) is 9.06. The van der Waals surface area contributed by atoms with Crippen LogP contribution in [0.2, 0.25) is 0 Å². The summed E-state index contributed by atoms with van der Waals surface area (Å²) in [6.07, 6.45) is 1.81. The van der Waals surface area contributed by atoms with Crippen molar-refractivity contribution in [3.8, 4) is 0 Å². The van der Waals surface area contributed by atoms with Gasteiger partial charge in [-0.25, -0.2) is 0 Å². The number of carboxylic acids is 1. The van der Waals surface area contributed by atoms with Crippen LogP contribution >= 0.6 is 0 Å². The fraction of sp³-hybridized carbons (Fsp3) is 0.900. The molecule has 0 aromatic carbocycles. The number of hydrogen-bond acceptors (Lipinski definition) is 3. The van der Waals surface area contributed by atoms with E-state index < -0.39 is 5.97 Å². The van der Waals surface area contributed by atoms with E-state index in [-0.39, 0.29) is 18.2 Å². The van der Waals surface area contributed by atoms with E-state index in [1.54, 1.807) is 7.11 Å². The zero-order valence-electron chi connectivity index (χ0n) is 9.06. The Morgan fingerprint density at radius 1 is 1.57 bits per heavy atom. The van der Waals surface area contributed by atoms with E-state index in [2.05, 4.69) is 0 Å². The van der Waals surface area contributed by atoms with E-state index in [1.807, 2.05) is 18.7 Å². The number of carboxylic acid groups (broad SMARTS) is 1. The molecule has 0 amide bonds. The Morgan fingerprint density at radius 2 is 2.21 bits per heavy atom. The highest BCUT2D eigenvalue weighted by molar-refractivity contribution is 5.73. The molecule has 1 heterocycles. The number of carbonyl (C=O) groups is 1. The summed E-state index contributed by atoms with van der Waals surface area (Å²) >= 11 is 0. The average molecular weight is 201 g/mol. The van der Waals surface area contributed by atoms with Crippen molar-refractivity contribution in [2.24, 2.45) is 0 Å². The third kappa shape index (κ3) is 2.25. The Morgan fingerprint density at radius 3 is 2.71 bits per heavy atom. The van der Waals surface area contributed by atoms with Crippen molar-refractivity contribution in [3.05, 3.63) is 0 Å². The highest BCUT2D eigenvalue weighted by Gasteiger charge is 2.35. The molecule has 3 atom stereocenters. The molecule has 1 fully saturated rings. The lowest BCUT2D eigenvalue weighted by Crippen LogP contribution is -2.46. The number of aliphatic carboxylic acids is 1. The molecule has 3 unspecified atom stereocenters. The second kappa shape index (κ2) is 4.75. The summed E-state index contributed by atoms with van der Waals surface area (Å²) in [5.74, 6) is -0.711. The van der Waals surface area contributed by atoms with E-state index in [9.17, 15) is 4.79 Å². The van der Waals surface area contributed by atoms with Gasteiger partial charge in [0.2, 0.25) is 0 Å². The van der Waals surface area contributed by atoms with Crippen molar-refractivity contribution in [1.82, 2.24) is 4.90 Å². The van der Waals surface area contributed by atoms with Crippen LogP contribution in [0.25, 0.3) is 0 Å². The van der Waals surface area contributed by atoms with Gasteiger partial charge in [0.15, 0.2) is 0 Å². The third-order valence-electron chi connectivity index (χ3n) is 3.15. The first-order chi connectivity index (χ1) is 6.57. The highest BCUT2D eigenvalue weighted by atomic mass is 16.5. The van der Waals surface area contributed by atoms with Crippen LogP contribution in [0.15, 0.2) is 0 Å². The Labute approximate surface area is 84.8 Å². The molecule has 0 aliphatic carbocycles. The monoisotopic (exact) mass is 201 g/mol. The molecular weight excluding hydrogens is 182 g/mol. The molecule has 0 aromatic rings. The standard InChI is InChI=1S/C10H19NO3/c1-7(8(2)14-3)11-6-4-5-9(11)10(12)13/h7-9H,4-6H2,1-3H3,(H,12,13). The topological polar surface area (TPSA) is 49.8 Å². The summed E-state index contributed by atoms with van der Waals surface area (Å²) in [5, 5.41) is 9.00. The van der Waals surface area contributed by atoms with Gasteiger partial charge >= 0.3 is 5.97 Å². The molecule has 0 saturated carbocycles. The maximum atomic E-state index is 10.9. The van der Waals surface area contributed by atoms with Gasteiger partial charge in [0.05, 0.1) is 6.10 Å². The summed E-state index contributed by atoms with van der Waals surface area (Å²) in [6, 6.07) is -0.147. The van der Waals surface area contributed by atoms with E-state index >= 15 is 0 Å². The third-order valence-corrected chi connectivity index (χ3v) is 3.15. The van der Waals surface area contributed by atoms with E-state index in [4.69, 9.17) is 9.84 Å². The Kier molecular flexibility index (Phi) is 3.89. The van der Waals surface area contributed by atoms with Crippen LogP contribution < -0.4 is 0 Å². The first-order valence-corrected chi connectivity index (χ1v) is 5.09. The normalized spacial score (nSPS) is 27.5. The van der Waals surface area contributed by atoms with Crippen molar-refractivity contribution in [1.29, 1.82) is 0 Å². The zero-order chi connectivity index (χ0) is 10.7. The SMILES string of the molecule is COC(C)C(C)N1CCCC1C(=O)O. The van der Waals surface area contributed by atoms with E-state index in [1.165, 1.54) is 0 Å². The second-order valence-corrected chi connectivity index (χ2v) is 3.92. The number of methoxy groups -OCH3 is 1. The lowest BCUT2D eigenvalue weighted by molar-refractivity contribution is -0.143. The summed E-state index contributed by atoms with van der Waals surface area (Å²) in [6.45, 7) is 4.86. The molecule has 14 heavy (non-hydrogen) atoms. The van der Waals surface area contributed by atoms with Gasteiger partial charge in [-0.1, -0.05) is 0 Å². The lowest BCUT2D eigenvalue weighted by Gasteiger charge is -2.31. The van der Waals surface area contributed by atoms with Gasteiger partial charge in [0.1, 0.15) is 6.04 Å². The molecule has 1 saturated heterocycles. The van der Waals surface area contributed by atoms with Gasteiger partial charge in [-0.15, -0.1) is 0 Å². The maximum absolute atomic E-state index is 10.9. The Balaban J connectivity index is 2.61. The van der Waals surface area contributed by atoms with Crippen LogP contribution in [0.3, 0.4) is 0 Å². The Bertz CT molecular complexity index is 208. The number of nitrogens with zero attached hydrogens (tertiary/aromatic N) is 1. The molecule has 0 aromatic heterocycles. The van der Waals surface area contributed by atoms with Gasteiger partial charge in [-0.2, -0.15) is 0 Å². The van der Waals surface area contributed by atoms with Crippen LogP contribution in [-0.2, 0) is 9.53 Å². The smallest absolute Gasteiger partial charge is 0.320 e. The van der Waals surface area contributed by atoms with Gasteiger partial charge < -0.3 is 9.84 Å². The fourth-order valence-corrected chi connectivity index (χ4v) is 2.01. The number of ether oxygens (including phenoxy) is 1. The van der Waals surface area contributed by atoms with Crippen LogP contribution in [-0.4, -0.2) is 47.8 Å². The molecular formula is C10H19NO3. The lowest BCUT2D eigenvalue weighted by atomic mass is 10.1. The van der Waals surface area contributed by atoms with Gasteiger partial charge in [0.25, 0.3) is 0 Å². The quantitative estimate of drug-likeness (QED) is 0.736. The minimum Gasteiger partial charge on any atom is -0.480 e. The van der Waals surface area contributed by atoms with Gasteiger partial charge in [0, 0.05) is 13.2 Å². The van der Waals surface area contributed by atoms with Crippen LogP contribution in [0.4, 0.5) is 0 Å². The Hall–Kier alpha value is -0.610. The van der Waals surface area contributed by atoms with Crippen molar-refractivity contribution in [2.45, 2.75) is 44.9 Å². The predicted octanol–water partition coefficient (Wildman–Crippen LogP) is 0.959. The first kappa shape index (κ1) is 11.5. The molecule has 1 aliphatic heterocycles. The number of rotatable bonds is 4. The van der Waals surface area contributed by atoms with Crippen LogP contribution in [0.1, 0.15) is 26.7 Å². The molecule has 0 bridgehead atoms. The summed E-state index contributed by atoms with van der Waals surface area (Å²) in [4.78, 5) is 13.0. The molecule has 0 spiro atoms. The van der Waals surface area contributed by atoms with Crippen molar-refractivity contribution >= 4 is 5.97 Å². The largest absolute Gasteiger partial charge is 0.480 e. The summed E-state index contributed by atoms with van der Waals surface area (Å²) in [7, 11) is 1.66. The molecule has 1 N–H and O–H groups in total. The van der Waals surface area contributed by atoms with Gasteiger partial charge in [-0.3, -0.25) is 9.69 Å². The van der Waals surface area contributed by atoms with Crippen LogP contribution in [0.5, 0.6) is 0 Å². The average Bonchev–Trinajstić information content (AvgIpc) is 2.63. The molecule has 0 radical (unpaired) electrons. The molecule has 82 valence electrons. The molecule has 1 rings (SSSR count). The van der Waals surface area contributed by atoms with Crippen molar-refractivity contribution in [3.63, 3.8) is 0 Å². The van der Waals surface area contributed by atoms with E-state index in [0.29, 0.717) is 0 Å². The minimum atomic E-state index is -0.711. The minimum absolute atomic E-state index is 0.0787. The molecule has 4 nitrogen and oxygen atoms in total. The first-order valence-electron chi connectivity index (χ1n) is 5.09. The fourth-order valence-electron chi connectivity index (χ4n) is 2.01. The summed E-state index contributed by atoms with van der Waals surface area (Å²) in [5.41, 5.74) is 0. The predicted molar refractivity (Wildman–Crippen MR) is 53.3 cm³/mol. The highest BCUT2D eigenvalue weighted by Crippen LogP contribution is 2.22. The number of likely N-dealkylation sites (tertiary alicyclic amines) is 1. The van der Waals surface area contributed by atoms with E-state index in [0.717, 1.165) is 19.4 Å². The van der Waals surface area contributed by atoms with Gasteiger partial charge in [-0.05, 0) is 33.2 Å². The molecule has 4 heteroatoms. The molecule has 1 aliphatic rings. The van der Waals surface area contributed by atoms with Crippen LogP contribution in [0, 0.1) is 0 Å². The van der Waals surface area contributed by atoms with Crippen molar-refractivity contribution in [2.75, 3.05) is 13.7 Å².